The van der Waals surface area contributed by atoms with Crippen LogP contribution in [0.1, 0.15) is 46.3 Å². The number of nitrogen functional groups attached to an aromatic ring is 1. The second kappa shape index (κ2) is 20.1. The lowest BCUT2D eigenvalue weighted by atomic mass is 9.87. The minimum atomic E-state index is -5.57. The van der Waals surface area contributed by atoms with Crippen LogP contribution in [0.3, 0.4) is 0 Å². The van der Waals surface area contributed by atoms with Crippen molar-refractivity contribution >= 4 is 69.1 Å². The maximum Gasteiger partial charge on any atom is 0.481 e. The number of allylic oxidation sites excluding steroid dienone is 2. The highest BCUT2D eigenvalue weighted by Crippen LogP contribution is 2.61. The van der Waals surface area contributed by atoms with E-state index in [-0.39, 0.29) is 48.0 Å². The summed E-state index contributed by atoms with van der Waals surface area (Å²) < 4.78 is 62.0. The number of nitrogens with two attached hydrogens (primary N) is 1. The summed E-state index contributed by atoms with van der Waals surface area (Å²) in [5.41, 5.74) is 4.26. The summed E-state index contributed by atoms with van der Waals surface area (Å²) in [6.45, 7) is 2.45. The van der Waals surface area contributed by atoms with Crippen LogP contribution in [0.2, 0.25) is 0 Å². The highest BCUT2D eigenvalue weighted by Gasteiger charge is 2.50. The van der Waals surface area contributed by atoms with Gasteiger partial charge in [0.1, 0.15) is 36.3 Å². The lowest BCUT2D eigenvalue weighted by Gasteiger charge is -2.30. The average Bonchev–Trinajstić information content (AvgIpc) is 3.64. The molecule has 3 rings (SSSR count). The summed E-state index contributed by atoms with van der Waals surface area (Å²) in [7, 11) is -16.4. The Morgan fingerprint density at radius 1 is 1.07 bits per heavy atom. The second-order valence-electron chi connectivity index (χ2n) is 12.4. The number of thioether (sulfide) groups is 1. The molecule has 1 fully saturated rings. The lowest BCUT2D eigenvalue weighted by Crippen LogP contribution is -2.46. The van der Waals surface area contributed by atoms with Crippen LogP contribution in [0.5, 0.6) is 0 Å². The van der Waals surface area contributed by atoms with Crippen LogP contribution in [-0.4, -0.2) is 123 Å². The number of amides is 2. The predicted molar refractivity (Wildman–Crippen MR) is 191 cm³/mol. The molecular formula is C27H44N7O17P3S. The first kappa shape index (κ1) is 46.7. The molecule has 2 aromatic heterocycles. The molecule has 1 aliphatic heterocycles. The summed E-state index contributed by atoms with van der Waals surface area (Å²) in [6, 6.07) is 0. The number of fused-ring (bicyclic) bond motifs is 1. The van der Waals surface area contributed by atoms with Crippen molar-refractivity contribution in [3.63, 3.8) is 0 Å². The maximum absolute atomic E-state index is 12.7. The molecule has 0 spiro atoms. The fraction of sp³-hybridized carbons (Fsp3) is 0.630. The molecule has 0 saturated carbocycles. The summed E-state index contributed by atoms with van der Waals surface area (Å²) in [5.74, 6) is -1.10. The summed E-state index contributed by atoms with van der Waals surface area (Å²) >= 11 is 1.07. The third-order valence-electron chi connectivity index (χ3n) is 7.45. The van der Waals surface area contributed by atoms with Crippen molar-refractivity contribution in [1.29, 1.82) is 0 Å². The van der Waals surface area contributed by atoms with Crippen molar-refractivity contribution in [2.45, 2.75) is 70.7 Å². The number of carbonyl (C=O) groups is 3. The molecule has 55 heavy (non-hydrogen) atoms. The minimum Gasteiger partial charge on any atom is -0.386 e. The SMILES string of the molecule is CCC=CCC(=O)SCCNC(=O)CCNC(=O)[C@H](O)C(C)(C)COP(=O)(O)OP(=O)(O)OC[C@H]1O[C@@H](n2cnc3c(N)ncnc32)[C@H](O)[C@@H]1OP(=O)(O)O. The summed E-state index contributed by atoms with van der Waals surface area (Å²) in [4.78, 5) is 87.2. The number of aliphatic hydroxyl groups is 2. The zero-order valence-corrected chi connectivity index (χ0v) is 33.1. The van der Waals surface area contributed by atoms with Crippen LogP contribution in [0.25, 0.3) is 11.2 Å². The first-order chi connectivity index (χ1) is 25.6. The molecule has 2 aromatic rings. The second-order valence-corrected chi connectivity index (χ2v) is 17.8. The average molecular weight is 864 g/mol. The molecule has 3 heterocycles. The normalized spacial score (nSPS) is 22.0. The third kappa shape index (κ3) is 14.6. The van der Waals surface area contributed by atoms with Crippen molar-refractivity contribution in [3.05, 3.63) is 24.8 Å². The van der Waals surface area contributed by atoms with Crippen molar-refractivity contribution < 1.29 is 80.5 Å². The third-order valence-corrected chi connectivity index (χ3v) is 11.4. The summed E-state index contributed by atoms with van der Waals surface area (Å²) in [6.07, 6.45) is -2.16. The van der Waals surface area contributed by atoms with E-state index in [1.165, 1.54) is 13.8 Å². The van der Waals surface area contributed by atoms with E-state index in [0.717, 1.165) is 35.4 Å². The Hall–Kier alpha value is -2.70. The van der Waals surface area contributed by atoms with E-state index >= 15 is 0 Å². The molecule has 24 nitrogen and oxygen atoms in total. The Morgan fingerprint density at radius 2 is 1.76 bits per heavy atom. The highest BCUT2D eigenvalue weighted by atomic mass is 32.2. The van der Waals surface area contributed by atoms with Crippen molar-refractivity contribution in [2.75, 3.05) is 37.8 Å². The van der Waals surface area contributed by atoms with Crippen molar-refractivity contribution in [2.24, 2.45) is 5.41 Å². The number of phosphoric ester groups is 3. The lowest BCUT2D eigenvalue weighted by molar-refractivity contribution is -0.137. The van der Waals surface area contributed by atoms with Crippen LogP contribution in [0.4, 0.5) is 5.82 Å². The van der Waals surface area contributed by atoms with Gasteiger partial charge in [-0.15, -0.1) is 0 Å². The van der Waals surface area contributed by atoms with E-state index in [1.807, 2.05) is 13.0 Å². The molecule has 1 aliphatic rings. The molecule has 0 aromatic carbocycles. The number of nitrogens with zero attached hydrogens (tertiary/aromatic N) is 4. The Kier molecular flexibility index (Phi) is 17.1. The van der Waals surface area contributed by atoms with E-state index in [2.05, 4.69) is 34.4 Å². The number of aromatic nitrogens is 4. The van der Waals surface area contributed by atoms with Gasteiger partial charge in [0.2, 0.25) is 11.8 Å². The number of nitrogens with one attached hydrogen (secondary N) is 2. The Bertz CT molecular complexity index is 1830. The van der Waals surface area contributed by atoms with Gasteiger partial charge in [0.25, 0.3) is 0 Å². The van der Waals surface area contributed by atoms with Crippen LogP contribution in [-0.2, 0) is 50.7 Å². The van der Waals surface area contributed by atoms with Gasteiger partial charge in [-0.05, 0) is 6.42 Å². The minimum absolute atomic E-state index is 0.0306. The molecule has 2 unspecified atom stereocenters. The zero-order chi connectivity index (χ0) is 41.2. The predicted octanol–water partition coefficient (Wildman–Crippen LogP) is 0.0210. The van der Waals surface area contributed by atoms with Gasteiger partial charge in [0.05, 0.1) is 19.5 Å². The first-order valence-corrected chi connectivity index (χ1v) is 21.8. The van der Waals surface area contributed by atoms with Gasteiger partial charge in [-0.3, -0.25) is 32.5 Å². The molecule has 0 radical (unpaired) electrons. The molecule has 1 saturated heterocycles. The van der Waals surface area contributed by atoms with Gasteiger partial charge in [0, 0.05) is 37.1 Å². The van der Waals surface area contributed by atoms with Gasteiger partial charge in [-0.1, -0.05) is 44.7 Å². The number of anilines is 1. The number of phosphoric acid groups is 3. The highest BCUT2D eigenvalue weighted by molar-refractivity contribution is 8.13. The van der Waals surface area contributed by atoms with Gasteiger partial charge >= 0.3 is 23.5 Å². The Labute approximate surface area is 318 Å². The van der Waals surface area contributed by atoms with Gasteiger partial charge < -0.3 is 50.9 Å². The monoisotopic (exact) mass is 863 g/mol. The van der Waals surface area contributed by atoms with Crippen LogP contribution in [0, 0.1) is 5.41 Å². The van der Waals surface area contributed by atoms with Crippen molar-refractivity contribution in [3.8, 4) is 0 Å². The molecule has 28 heteroatoms. The fourth-order valence-corrected chi connectivity index (χ4v) is 8.18. The van der Waals surface area contributed by atoms with Crippen LogP contribution < -0.4 is 16.4 Å². The number of rotatable bonds is 22. The van der Waals surface area contributed by atoms with E-state index in [9.17, 15) is 57.9 Å². The number of hydrogen-bond acceptors (Lipinski definition) is 18. The molecule has 310 valence electrons. The van der Waals surface area contributed by atoms with Crippen molar-refractivity contribution in [1.82, 2.24) is 30.2 Å². The smallest absolute Gasteiger partial charge is 0.386 e. The van der Waals surface area contributed by atoms with Gasteiger partial charge in [-0.25, -0.2) is 28.6 Å². The maximum atomic E-state index is 12.7. The molecule has 0 bridgehead atoms. The number of ether oxygens (including phenoxy) is 1. The molecule has 0 aliphatic carbocycles. The topological polar surface area (TPSA) is 364 Å². The molecule has 10 N–H and O–H groups in total. The number of imidazole rings is 1. The van der Waals surface area contributed by atoms with Gasteiger partial charge in [0.15, 0.2) is 22.8 Å². The number of hydrogen-bond donors (Lipinski definition) is 9. The fourth-order valence-electron chi connectivity index (χ4n) is 4.70. The van der Waals surface area contributed by atoms with Crippen LogP contribution in [0.15, 0.2) is 24.8 Å². The van der Waals surface area contributed by atoms with E-state index < -0.39 is 84.6 Å². The Morgan fingerprint density at radius 3 is 2.44 bits per heavy atom. The standard InChI is InChI=1S/C27H44N7O17P3S/c1-4-5-6-7-18(36)55-11-10-29-17(35)8-9-30-25(39)22(38)27(2,3)13-48-54(45,46)51-53(43,44)47-12-16-21(50-52(40,41)42)20(37)26(49-16)34-15-33-19-23(28)31-14-32-24(19)34/h5-6,14-16,20-22,26,37-38H,4,7-13H2,1-3H3,(H,29,35)(H,30,39)(H,43,44)(H,45,46)(H2,28,31,32)(H2,40,41,42)/t16-,20-,21-,22+,26-/m1/s1. The summed E-state index contributed by atoms with van der Waals surface area (Å²) in [5, 5.41) is 26.3. The Balaban J connectivity index is 1.49. The first-order valence-electron chi connectivity index (χ1n) is 16.3. The van der Waals surface area contributed by atoms with Crippen LogP contribution >= 0.6 is 35.2 Å². The van der Waals surface area contributed by atoms with Gasteiger partial charge in [-0.2, -0.15) is 4.31 Å². The van der Waals surface area contributed by atoms with E-state index in [1.54, 1.807) is 6.08 Å². The largest absolute Gasteiger partial charge is 0.481 e. The quantitative estimate of drug-likeness (QED) is 0.0428. The zero-order valence-electron chi connectivity index (χ0n) is 29.6. The molecular weight excluding hydrogens is 819 g/mol. The molecule has 7 atom stereocenters. The number of carbonyl (C=O) groups excluding carboxylic acids is 3. The van der Waals surface area contributed by atoms with E-state index in [4.69, 9.17) is 19.5 Å². The van der Waals surface area contributed by atoms with E-state index in [0.29, 0.717) is 5.75 Å². The number of aliphatic hydroxyl groups excluding tert-OH is 2. The molecule has 2 amide bonds.